The van der Waals surface area contributed by atoms with Crippen LogP contribution in [0.2, 0.25) is 0 Å². The van der Waals surface area contributed by atoms with Crippen LogP contribution < -0.4 is 0 Å². The average molecular weight is 325 g/mol. The van der Waals surface area contributed by atoms with Crippen LogP contribution in [0, 0.1) is 5.92 Å². The third-order valence-corrected chi connectivity index (χ3v) is 5.21. The molecule has 132 valence electrons. The minimum Gasteiger partial charge on any atom is -0.444 e. The zero-order chi connectivity index (χ0) is 16.9. The van der Waals surface area contributed by atoms with Gasteiger partial charge in [0, 0.05) is 0 Å². The summed E-state index contributed by atoms with van der Waals surface area (Å²) in [6.45, 7) is 11.0. The summed E-state index contributed by atoms with van der Waals surface area (Å²) in [5.41, 5.74) is -0.875. The van der Waals surface area contributed by atoms with Crippen molar-refractivity contribution in [1.29, 1.82) is 0 Å². The maximum atomic E-state index is 12.6. The fourth-order valence-corrected chi connectivity index (χ4v) is 3.76. The fraction of sp³-hybridized carbons (Fsp3) is 0.944. The van der Waals surface area contributed by atoms with Gasteiger partial charge >= 0.3 is 6.09 Å². The van der Waals surface area contributed by atoms with Gasteiger partial charge in [0.25, 0.3) is 0 Å². The van der Waals surface area contributed by atoms with E-state index in [2.05, 4.69) is 0 Å². The van der Waals surface area contributed by atoms with Crippen molar-refractivity contribution >= 4 is 6.09 Å². The van der Waals surface area contributed by atoms with Crippen LogP contribution in [-0.2, 0) is 14.2 Å². The molecule has 1 amide bonds. The molecule has 2 saturated heterocycles. The van der Waals surface area contributed by atoms with Gasteiger partial charge in [0.15, 0.2) is 0 Å². The molecule has 2 atom stereocenters. The lowest BCUT2D eigenvalue weighted by Crippen LogP contribution is -2.50. The molecular formula is C18H31NO4. The maximum Gasteiger partial charge on any atom is 0.412 e. The highest BCUT2D eigenvalue weighted by molar-refractivity contribution is 5.69. The van der Waals surface area contributed by atoms with E-state index >= 15 is 0 Å². The van der Waals surface area contributed by atoms with E-state index in [0.29, 0.717) is 12.5 Å². The Hall–Kier alpha value is -0.810. The molecule has 2 heterocycles. The Labute approximate surface area is 139 Å². The molecular weight excluding hydrogens is 294 g/mol. The first-order chi connectivity index (χ1) is 10.6. The van der Waals surface area contributed by atoms with Gasteiger partial charge in [0.1, 0.15) is 11.3 Å². The molecule has 2 aliphatic heterocycles. The molecule has 1 spiro atoms. The second-order valence-electron chi connectivity index (χ2n) is 8.90. The number of rotatable bonds is 2. The second-order valence-corrected chi connectivity index (χ2v) is 8.90. The van der Waals surface area contributed by atoms with Crippen LogP contribution >= 0.6 is 0 Å². The number of hydrogen-bond acceptors (Lipinski definition) is 4. The summed E-state index contributed by atoms with van der Waals surface area (Å²) in [6.07, 6.45) is 5.46. The Morgan fingerprint density at radius 2 is 1.87 bits per heavy atom. The predicted molar refractivity (Wildman–Crippen MR) is 87.2 cm³/mol. The number of nitrogens with zero attached hydrogens (tertiary/aromatic N) is 1. The average Bonchev–Trinajstić information content (AvgIpc) is 3.09. The Balaban J connectivity index is 1.62. The van der Waals surface area contributed by atoms with Crippen LogP contribution in [0.1, 0.15) is 66.7 Å². The lowest BCUT2D eigenvalue weighted by molar-refractivity contribution is -0.0668. The van der Waals surface area contributed by atoms with Gasteiger partial charge in [0.05, 0.1) is 24.9 Å². The van der Waals surface area contributed by atoms with E-state index in [0.717, 1.165) is 13.0 Å². The lowest BCUT2D eigenvalue weighted by Gasteiger charge is -2.37. The number of hydrogen-bond donors (Lipinski definition) is 0. The predicted octanol–water partition coefficient (Wildman–Crippen LogP) is 3.71. The first kappa shape index (κ1) is 17.0. The van der Waals surface area contributed by atoms with Crippen molar-refractivity contribution in [3.05, 3.63) is 0 Å². The molecule has 0 aromatic heterocycles. The monoisotopic (exact) mass is 325 g/mol. The van der Waals surface area contributed by atoms with Gasteiger partial charge < -0.3 is 14.2 Å². The Morgan fingerprint density at radius 1 is 1.17 bits per heavy atom. The third kappa shape index (κ3) is 3.82. The quantitative estimate of drug-likeness (QED) is 0.776. The SMILES string of the molecule is CC(C)(C)OC(=O)N1C(CC2CCC3(CC3)OC2)COC1(C)C. The topological polar surface area (TPSA) is 48.0 Å². The summed E-state index contributed by atoms with van der Waals surface area (Å²) in [7, 11) is 0. The van der Waals surface area contributed by atoms with Crippen molar-refractivity contribution in [3.8, 4) is 0 Å². The number of carbonyl (C=O) groups excluding carboxylic acids is 1. The highest BCUT2D eigenvalue weighted by atomic mass is 16.6. The molecule has 3 fully saturated rings. The van der Waals surface area contributed by atoms with E-state index in [4.69, 9.17) is 14.2 Å². The molecule has 3 aliphatic rings. The van der Waals surface area contributed by atoms with Gasteiger partial charge in [-0.3, -0.25) is 4.90 Å². The summed E-state index contributed by atoms with van der Waals surface area (Å²) in [5, 5.41) is 0. The molecule has 0 bridgehead atoms. The van der Waals surface area contributed by atoms with E-state index in [1.165, 1.54) is 25.7 Å². The van der Waals surface area contributed by atoms with Gasteiger partial charge in [-0.2, -0.15) is 0 Å². The van der Waals surface area contributed by atoms with Crippen molar-refractivity contribution < 1.29 is 19.0 Å². The molecule has 23 heavy (non-hydrogen) atoms. The van der Waals surface area contributed by atoms with Crippen LogP contribution in [0.15, 0.2) is 0 Å². The molecule has 5 nitrogen and oxygen atoms in total. The smallest absolute Gasteiger partial charge is 0.412 e. The van der Waals surface area contributed by atoms with Gasteiger partial charge in [-0.1, -0.05) is 0 Å². The summed E-state index contributed by atoms with van der Waals surface area (Å²) in [5.74, 6) is 0.508. The van der Waals surface area contributed by atoms with Gasteiger partial charge in [0.2, 0.25) is 0 Å². The van der Waals surface area contributed by atoms with Crippen molar-refractivity contribution in [3.63, 3.8) is 0 Å². The fourth-order valence-electron chi connectivity index (χ4n) is 3.76. The van der Waals surface area contributed by atoms with E-state index in [-0.39, 0.29) is 17.7 Å². The Bertz CT molecular complexity index is 454. The van der Waals surface area contributed by atoms with Crippen molar-refractivity contribution in [2.24, 2.45) is 5.92 Å². The largest absolute Gasteiger partial charge is 0.444 e. The lowest BCUT2D eigenvalue weighted by atomic mass is 9.91. The molecule has 1 aliphatic carbocycles. The van der Waals surface area contributed by atoms with E-state index in [9.17, 15) is 4.79 Å². The van der Waals surface area contributed by atoms with Crippen LogP contribution in [0.25, 0.3) is 0 Å². The molecule has 0 N–H and O–H groups in total. The van der Waals surface area contributed by atoms with Crippen molar-refractivity contribution in [1.82, 2.24) is 4.90 Å². The van der Waals surface area contributed by atoms with Crippen molar-refractivity contribution in [2.45, 2.75) is 89.7 Å². The first-order valence-electron chi connectivity index (χ1n) is 8.91. The van der Waals surface area contributed by atoms with Crippen molar-refractivity contribution in [2.75, 3.05) is 13.2 Å². The molecule has 5 heteroatoms. The van der Waals surface area contributed by atoms with E-state index < -0.39 is 11.3 Å². The minimum absolute atomic E-state index is 0.0710. The standard InChI is InChI=1S/C18H31NO4/c1-16(2,3)23-15(20)19-14(12-21-17(19,4)5)10-13-6-7-18(8-9-18)22-11-13/h13-14H,6-12H2,1-5H3. The molecule has 0 aromatic rings. The number of carbonyl (C=O) groups is 1. The first-order valence-corrected chi connectivity index (χ1v) is 8.91. The van der Waals surface area contributed by atoms with Gasteiger partial charge in [-0.15, -0.1) is 0 Å². The zero-order valence-electron chi connectivity index (χ0n) is 15.2. The zero-order valence-corrected chi connectivity index (χ0v) is 15.2. The van der Waals surface area contributed by atoms with Crippen LogP contribution in [-0.4, -0.2) is 47.2 Å². The minimum atomic E-state index is -0.611. The van der Waals surface area contributed by atoms with Crippen LogP contribution in [0.5, 0.6) is 0 Å². The van der Waals surface area contributed by atoms with Crippen LogP contribution in [0.4, 0.5) is 4.79 Å². The summed E-state index contributed by atoms with van der Waals surface area (Å²) in [6, 6.07) is 0.0710. The molecule has 0 aromatic carbocycles. The molecule has 0 radical (unpaired) electrons. The summed E-state index contributed by atoms with van der Waals surface area (Å²) in [4.78, 5) is 14.4. The third-order valence-electron chi connectivity index (χ3n) is 5.21. The Morgan fingerprint density at radius 3 is 2.39 bits per heavy atom. The number of amides is 1. The normalized spacial score (nSPS) is 32.1. The van der Waals surface area contributed by atoms with E-state index in [1.807, 2.05) is 34.6 Å². The summed E-state index contributed by atoms with van der Waals surface area (Å²) >= 11 is 0. The highest BCUT2D eigenvalue weighted by Crippen LogP contribution is 2.48. The van der Waals surface area contributed by atoms with E-state index in [1.54, 1.807) is 4.90 Å². The Kier molecular flexibility index (Phi) is 4.16. The molecule has 1 saturated carbocycles. The van der Waals surface area contributed by atoms with Crippen LogP contribution in [0.3, 0.4) is 0 Å². The van der Waals surface area contributed by atoms with Gasteiger partial charge in [-0.25, -0.2) is 4.79 Å². The molecule has 2 unspecified atom stereocenters. The summed E-state index contributed by atoms with van der Waals surface area (Å²) < 4.78 is 17.5. The number of ether oxygens (including phenoxy) is 3. The van der Waals surface area contributed by atoms with Gasteiger partial charge in [-0.05, 0) is 72.6 Å². The maximum absolute atomic E-state index is 12.6. The highest BCUT2D eigenvalue weighted by Gasteiger charge is 2.49. The molecule has 3 rings (SSSR count). The second kappa shape index (κ2) is 5.62.